The van der Waals surface area contributed by atoms with Crippen LogP contribution in [0.3, 0.4) is 0 Å². The average Bonchev–Trinajstić information content (AvgIpc) is 2.98. The van der Waals surface area contributed by atoms with E-state index in [2.05, 4.69) is 25.6 Å². The van der Waals surface area contributed by atoms with Crippen molar-refractivity contribution in [2.45, 2.75) is 17.7 Å². The molecule has 1 N–H and O–H groups in total. The molecule has 15 heavy (non-hydrogen) atoms. The first-order valence-electron chi connectivity index (χ1n) is 4.68. The number of hydrogen-bond donors (Lipinski definition) is 1. The zero-order valence-corrected chi connectivity index (χ0v) is 10.4. The largest absolute Gasteiger partial charge is 0.262 e. The zero-order chi connectivity index (χ0) is 10.9. The molecule has 0 amide bonds. The monoisotopic (exact) mass is 290 g/mol. The maximum Gasteiger partial charge on any atom is 0.242 e. The highest BCUT2D eigenvalue weighted by atomic mass is 79.9. The Labute approximate surface area is 97.3 Å². The van der Waals surface area contributed by atoms with Crippen molar-refractivity contribution in [3.8, 4) is 0 Å². The van der Waals surface area contributed by atoms with Crippen LogP contribution in [0.4, 0.5) is 0 Å². The molecule has 0 bridgehead atoms. The van der Waals surface area contributed by atoms with Crippen LogP contribution in [0.2, 0.25) is 0 Å². The van der Waals surface area contributed by atoms with Crippen molar-refractivity contribution < 1.29 is 8.42 Å². The van der Waals surface area contributed by atoms with Crippen LogP contribution in [-0.4, -0.2) is 19.9 Å². The van der Waals surface area contributed by atoms with Gasteiger partial charge in [-0.25, -0.2) is 13.1 Å². The van der Waals surface area contributed by atoms with Crippen molar-refractivity contribution in [1.82, 2.24) is 9.71 Å². The molecule has 0 atom stereocenters. The van der Waals surface area contributed by atoms with E-state index < -0.39 is 10.0 Å². The smallest absolute Gasteiger partial charge is 0.242 e. The Morgan fingerprint density at radius 3 is 2.80 bits per heavy atom. The average molecular weight is 291 g/mol. The number of rotatable bonds is 4. The molecule has 4 nitrogen and oxygen atoms in total. The van der Waals surface area contributed by atoms with Crippen molar-refractivity contribution in [2.24, 2.45) is 5.92 Å². The SMILES string of the molecule is O=S(=O)(NCC1CC1)c1cncc(Br)c1. The lowest BCUT2D eigenvalue weighted by atomic mass is 10.4. The summed E-state index contributed by atoms with van der Waals surface area (Å²) in [6.45, 7) is 0.537. The molecule has 6 heteroatoms. The van der Waals surface area contributed by atoms with Crippen molar-refractivity contribution >= 4 is 26.0 Å². The Hall–Kier alpha value is -0.460. The minimum absolute atomic E-state index is 0.206. The van der Waals surface area contributed by atoms with E-state index in [1.165, 1.54) is 6.20 Å². The van der Waals surface area contributed by atoms with E-state index in [1.807, 2.05) is 0 Å². The van der Waals surface area contributed by atoms with Gasteiger partial charge in [0.25, 0.3) is 0 Å². The highest BCUT2D eigenvalue weighted by Crippen LogP contribution is 2.28. The first-order chi connectivity index (χ1) is 7.08. The van der Waals surface area contributed by atoms with Gasteiger partial charge >= 0.3 is 0 Å². The van der Waals surface area contributed by atoms with Gasteiger partial charge in [0, 0.05) is 23.4 Å². The van der Waals surface area contributed by atoms with Crippen molar-refractivity contribution in [3.05, 3.63) is 22.9 Å². The maximum atomic E-state index is 11.7. The molecule has 1 aromatic heterocycles. The summed E-state index contributed by atoms with van der Waals surface area (Å²) in [5.74, 6) is 0.528. The summed E-state index contributed by atoms with van der Waals surface area (Å²) < 4.78 is 26.7. The van der Waals surface area contributed by atoms with E-state index in [-0.39, 0.29) is 4.90 Å². The van der Waals surface area contributed by atoms with Gasteiger partial charge in [-0.1, -0.05) is 0 Å². The summed E-state index contributed by atoms with van der Waals surface area (Å²) in [6.07, 6.45) is 5.15. The van der Waals surface area contributed by atoms with Crippen molar-refractivity contribution in [2.75, 3.05) is 6.54 Å². The predicted molar refractivity (Wildman–Crippen MR) is 59.8 cm³/mol. The van der Waals surface area contributed by atoms with Gasteiger partial charge in [0.05, 0.1) is 0 Å². The number of aromatic nitrogens is 1. The lowest BCUT2D eigenvalue weighted by Crippen LogP contribution is -2.25. The Morgan fingerprint density at radius 2 is 2.20 bits per heavy atom. The topological polar surface area (TPSA) is 59.1 Å². The van der Waals surface area contributed by atoms with Crippen LogP contribution in [0.15, 0.2) is 27.8 Å². The standard InChI is InChI=1S/C9H11BrN2O2S/c10-8-3-9(6-11-5-8)15(13,14)12-4-7-1-2-7/h3,5-7,12H,1-2,4H2. The van der Waals surface area contributed by atoms with Crippen LogP contribution in [0.25, 0.3) is 0 Å². The van der Waals surface area contributed by atoms with E-state index in [1.54, 1.807) is 12.3 Å². The minimum Gasteiger partial charge on any atom is -0.262 e. The Morgan fingerprint density at radius 1 is 1.47 bits per heavy atom. The van der Waals surface area contributed by atoms with Crippen LogP contribution < -0.4 is 4.72 Å². The molecule has 1 aliphatic rings. The van der Waals surface area contributed by atoms with Crippen LogP contribution in [0, 0.1) is 5.92 Å². The molecule has 1 fully saturated rings. The summed E-state index contributed by atoms with van der Waals surface area (Å²) >= 11 is 3.19. The van der Waals surface area contributed by atoms with Gasteiger partial charge in [0.1, 0.15) is 4.90 Å². The van der Waals surface area contributed by atoms with E-state index in [9.17, 15) is 8.42 Å². The Kier molecular flexibility index (Phi) is 3.08. The van der Waals surface area contributed by atoms with Gasteiger partial charge in [0.15, 0.2) is 0 Å². The minimum atomic E-state index is -3.38. The van der Waals surface area contributed by atoms with E-state index in [4.69, 9.17) is 0 Å². The lowest BCUT2D eigenvalue weighted by molar-refractivity contribution is 0.577. The van der Waals surface area contributed by atoms with E-state index >= 15 is 0 Å². The molecule has 1 aliphatic carbocycles. The number of hydrogen-bond acceptors (Lipinski definition) is 3. The summed E-state index contributed by atoms with van der Waals surface area (Å²) in [6, 6.07) is 1.54. The zero-order valence-electron chi connectivity index (χ0n) is 7.98. The third-order valence-electron chi connectivity index (χ3n) is 2.25. The third-order valence-corrected chi connectivity index (χ3v) is 4.07. The fourth-order valence-corrected chi connectivity index (χ4v) is 2.79. The molecular weight excluding hydrogens is 280 g/mol. The molecular formula is C9H11BrN2O2S. The van der Waals surface area contributed by atoms with E-state index in [0.29, 0.717) is 16.9 Å². The first-order valence-corrected chi connectivity index (χ1v) is 6.96. The van der Waals surface area contributed by atoms with Crippen LogP contribution in [-0.2, 0) is 10.0 Å². The summed E-state index contributed by atoms with van der Waals surface area (Å²) in [5, 5.41) is 0. The van der Waals surface area contributed by atoms with Gasteiger partial charge in [-0.05, 0) is 40.8 Å². The normalized spacial score (nSPS) is 16.6. The fraction of sp³-hybridized carbons (Fsp3) is 0.444. The van der Waals surface area contributed by atoms with Gasteiger partial charge in [-0.15, -0.1) is 0 Å². The second-order valence-electron chi connectivity index (χ2n) is 3.63. The second-order valence-corrected chi connectivity index (χ2v) is 6.32. The molecule has 0 aliphatic heterocycles. The lowest BCUT2D eigenvalue weighted by Gasteiger charge is -2.05. The number of nitrogens with one attached hydrogen (secondary N) is 1. The third kappa shape index (κ3) is 2.99. The van der Waals surface area contributed by atoms with Crippen molar-refractivity contribution in [1.29, 1.82) is 0 Å². The molecule has 0 aromatic carbocycles. The molecule has 0 saturated heterocycles. The fourth-order valence-electron chi connectivity index (χ4n) is 1.17. The summed E-state index contributed by atoms with van der Waals surface area (Å²) in [5.41, 5.74) is 0. The highest BCUT2D eigenvalue weighted by molar-refractivity contribution is 9.10. The Balaban J connectivity index is 2.12. The molecule has 1 heterocycles. The second kappa shape index (κ2) is 4.19. The van der Waals surface area contributed by atoms with Crippen LogP contribution >= 0.6 is 15.9 Å². The van der Waals surface area contributed by atoms with Gasteiger partial charge < -0.3 is 0 Å². The number of sulfonamides is 1. The predicted octanol–water partition coefficient (Wildman–Crippen LogP) is 1.53. The first kappa shape index (κ1) is 11.0. The molecule has 2 rings (SSSR count). The summed E-state index contributed by atoms with van der Waals surface area (Å²) in [7, 11) is -3.38. The van der Waals surface area contributed by atoms with Gasteiger partial charge in [0.2, 0.25) is 10.0 Å². The van der Waals surface area contributed by atoms with Gasteiger partial charge in [-0.2, -0.15) is 0 Å². The van der Waals surface area contributed by atoms with Gasteiger partial charge in [-0.3, -0.25) is 4.98 Å². The molecule has 82 valence electrons. The molecule has 1 aromatic rings. The quantitative estimate of drug-likeness (QED) is 0.915. The van der Waals surface area contributed by atoms with Crippen LogP contribution in [0.5, 0.6) is 0 Å². The molecule has 0 radical (unpaired) electrons. The number of halogens is 1. The molecule has 0 spiro atoms. The van der Waals surface area contributed by atoms with Crippen molar-refractivity contribution in [3.63, 3.8) is 0 Å². The number of pyridine rings is 1. The maximum absolute atomic E-state index is 11.7. The highest BCUT2D eigenvalue weighted by Gasteiger charge is 2.24. The number of nitrogens with zero attached hydrogens (tertiary/aromatic N) is 1. The molecule has 0 unspecified atom stereocenters. The van der Waals surface area contributed by atoms with E-state index in [0.717, 1.165) is 12.8 Å². The Bertz CT molecular complexity index is 457. The summed E-state index contributed by atoms with van der Waals surface area (Å²) in [4.78, 5) is 4.03. The van der Waals surface area contributed by atoms with Crippen LogP contribution in [0.1, 0.15) is 12.8 Å². The molecule has 1 saturated carbocycles.